The third-order valence-electron chi connectivity index (χ3n) is 5.74. The van der Waals surface area contributed by atoms with E-state index < -0.39 is 0 Å². The minimum Gasteiger partial charge on any atom is -0.0885 e. The third-order valence-corrected chi connectivity index (χ3v) is 5.74. The highest BCUT2D eigenvalue weighted by Crippen LogP contribution is 2.37. The van der Waals surface area contributed by atoms with Crippen molar-refractivity contribution in [2.75, 3.05) is 0 Å². The van der Waals surface area contributed by atoms with Gasteiger partial charge < -0.3 is 0 Å². The van der Waals surface area contributed by atoms with Crippen LogP contribution in [0.1, 0.15) is 67.2 Å². The molecule has 0 radical (unpaired) electrons. The smallest absolute Gasteiger partial charge is 0.0885 e. The monoisotopic (exact) mass is 262 g/mol. The Morgan fingerprint density at radius 3 is 1.95 bits per heavy atom. The van der Waals surface area contributed by atoms with Gasteiger partial charge in [-0.3, -0.25) is 0 Å². The molecule has 1 aliphatic carbocycles. The van der Waals surface area contributed by atoms with Crippen LogP contribution < -0.4 is 0 Å². The fourth-order valence-electron chi connectivity index (χ4n) is 3.54. The highest BCUT2D eigenvalue weighted by molar-refractivity contribution is 6.62. The maximum absolute atomic E-state index is 2.48. The molecule has 3 atom stereocenters. The molecule has 0 bridgehead atoms. The number of rotatable bonds is 7. The first kappa shape index (κ1) is 16.9. The zero-order chi connectivity index (χ0) is 14.4. The Balaban J connectivity index is 2.55. The van der Waals surface area contributed by atoms with E-state index in [4.69, 9.17) is 0 Å². The molecule has 110 valence electrons. The van der Waals surface area contributed by atoms with Gasteiger partial charge in [0.05, 0.1) is 0 Å². The first-order chi connectivity index (χ1) is 8.93. The minimum absolute atomic E-state index is 0.817. The van der Waals surface area contributed by atoms with Gasteiger partial charge in [-0.15, -0.1) is 0 Å². The molecule has 3 unspecified atom stereocenters. The summed E-state index contributed by atoms with van der Waals surface area (Å²) >= 11 is 0. The lowest BCUT2D eigenvalue weighted by atomic mass is 9.29. The van der Waals surface area contributed by atoms with Crippen LogP contribution in [0.15, 0.2) is 12.2 Å². The van der Waals surface area contributed by atoms with Gasteiger partial charge in [-0.05, 0) is 25.2 Å². The lowest BCUT2D eigenvalue weighted by Gasteiger charge is -2.33. The summed E-state index contributed by atoms with van der Waals surface area (Å²) in [5.41, 5.74) is 0. The van der Waals surface area contributed by atoms with Gasteiger partial charge in [-0.25, -0.2) is 0 Å². The molecule has 0 N–H and O–H groups in total. The Kier molecular flexibility index (Phi) is 7.25. The molecule has 0 amide bonds. The van der Waals surface area contributed by atoms with Crippen LogP contribution in [0, 0.1) is 17.8 Å². The van der Waals surface area contributed by atoms with E-state index in [9.17, 15) is 0 Å². The van der Waals surface area contributed by atoms with E-state index in [1.807, 2.05) is 0 Å². The normalized spacial score (nSPS) is 22.8. The van der Waals surface area contributed by atoms with Crippen LogP contribution in [0.5, 0.6) is 0 Å². The van der Waals surface area contributed by atoms with E-state index in [1.165, 1.54) is 32.0 Å². The quantitative estimate of drug-likeness (QED) is 0.372. The summed E-state index contributed by atoms with van der Waals surface area (Å²) in [4.78, 5) is 0. The fraction of sp³-hybridized carbons (Fsp3) is 0.889. The topological polar surface area (TPSA) is 0 Å². The molecule has 0 nitrogen and oxygen atoms in total. The predicted octanol–water partition coefficient (Wildman–Crippen LogP) is 6.32. The Hall–Kier alpha value is -0.195. The van der Waals surface area contributed by atoms with Crippen molar-refractivity contribution < 1.29 is 0 Å². The van der Waals surface area contributed by atoms with Crippen LogP contribution >= 0.6 is 0 Å². The Morgan fingerprint density at radius 1 is 0.947 bits per heavy atom. The van der Waals surface area contributed by atoms with E-state index in [0.29, 0.717) is 0 Å². The summed E-state index contributed by atoms with van der Waals surface area (Å²) < 4.78 is 0. The molecule has 0 heterocycles. The molecule has 0 saturated carbocycles. The summed E-state index contributed by atoms with van der Waals surface area (Å²) in [5.74, 6) is 4.31. The molecule has 0 spiro atoms. The molecule has 0 aromatic rings. The van der Waals surface area contributed by atoms with Gasteiger partial charge in [0, 0.05) is 0 Å². The molecule has 0 aliphatic heterocycles. The minimum atomic E-state index is 0.817. The van der Waals surface area contributed by atoms with Crippen LogP contribution in [0.4, 0.5) is 0 Å². The van der Waals surface area contributed by atoms with E-state index in [0.717, 1.165) is 36.1 Å². The van der Waals surface area contributed by atoms with Crippen LogP contribution in [0.25, 0.3) is 0 Å². The van der Waals surface area contributed by atoms with Crippen molar-refractivity contribution in [3.63, 3.8) is 0 Å². The van der Waals surface area contributed by atoms with E-state index in [1.54, 1.807) is 0 Å². The highest BCUT2D eigenvalue weighted by atomic mass is 14.2. The molecule has 19 heavy (non-hydrogen) atoms. The van der Waals surface area contributed by atoms with Gasteiger partial charge in [-0.1, -0.05) is 89.9 Å². The lowest BCUT2D eigenvalue weighted by molar-refractivity contribution is 0.457. The summed E-state index contributed by atoms with van der Waals surface area (Å²) in [6, 6.07) is 0. The first-order valence-electron chi connectivity index (χ1n) is 8.58. The second-order valence-corrected chi connectivity index (χ2v) is 7.60. The van der Waals surface area contributed by atoms with Gasteiger partial charge in [0.15, 0.2) is 0 Å². The van der Waals surface area contributed by atoms with Gasteiger partial charge in [-0.2, -0.15) is 0 Å². The molecule has 1 heteroatoms. The van der Waals surface area contributed by atoms with Crippen molar-refractivity contribution in [1.82, 2.24) is 0 Å². The van der Waals surface area contributed by atoms with Gasteiger partial charge in [0.25, 0.3) is 0 Å². The van der Waals surface area contributed by atoms with E-state index in [2.05, 4.69) is 53.7 Å². The maximum Gasteiger partial charge on any atom is 0.146 e. The second-order valence-electron chi connectivity index (χ2n) is 7.60. The molecular formula is C18H35B. The molecule has 0 fully saturated rings. The van der Waals surface area contributed by atoms with Crippen molar-refractivity contribution in [3.8, 4) is 0 Å². The molecule has 0 saturated heterocycles. The van der Waals surface area contributed by atoms with E-state index in [-0.39, 0.29) is 0 Å². The Morgan fingerprint density at radius 2 is 1.53 bits per heavy atom. The lowest BCUT2D eigenvalue weighted by Crippen LogP contribution is -2.30. The molecule has 0 aromatic heterocycles. The van der Waals surface area contributed by atoms with Gasteiger partial charge in [0.2, 0.25) is 0 Å². The van der Waals surface area contributed by atoms with Crippen molar-refractivity contribution in [2.45, 2.75) is 85.2 Å². The van der Waals surface area contributed by atoms with Crippen molar-refractivity contribution >= 4 is 6.71 Å². The predicted molar refractivity (Wildman–Crippen MR) is 90.2 cm³/mol. The molecule has 1 rings (SSSR count). The molecule has 1 aliphatic rings. The van der Waals surface area contributed by atoms with E-state index >= 15 is 0 Å². The SMILES string of the molecule is CC(C)C(C)B(CCC1CC=CCC1)C(C)C(C)C. The van der Waals surface area contributed by atoms with Crippen molar-refractivity contribution in [2.24, 2.45) is 17.8 Å². The van der Waals surface area contributed by atoms with Crippen LogP contribution in [0.3, 0.4) is 0 Å². The average Bonchev–Trinajstić information content (AvgIpc) is 2.39. The zero-order valence-electron chi connectivity index (χ0n) is 14.2. The van der Waals surface area contributed by atoms with Crippen LogP contribution in [0.2, 0.25) is 18.0 Å². The van der Waals surface area contributed by atoms with Gasteiger partial charge in [0.1, 0.15) is 6.71 Å². The Bertz CT molecular complexity index is 253. The number of hydrogen-bond acceptors (Lipinski definition) is 0. The van der Waals surface area contributed by atoms with Crippen LogP contribution in [-0.2, 0) is 0 Å². The summed E-state index contributed by atoms with van der Waals surface area (Å²) in [6.45, 7) is 15.5. The summed E-state index contributed by atoms with van der Waals surface area (Å²) in [6.07, 6.45) is 11.7. The van der Waals surface area contributed by atoms with Gasteiger partial charge >= 0.3 is 0 Å². The first-order valence-corrected chi connectivity index (χ1v) is 8.58. The standard InChI is InChI=1S/C18H35B/c1-14(2)16(5)19(17(6)15(3)4)13-12-18-10-8-7-9-11-18/h7-8,14-18H,9-13H2,1-6H3. The Labute approximate surface area is 122 Å². The number of hydrogen-bond donors (Lipinski definition) is 0. The largest absolute Gasteiger partial charge is 0.146 e. The molecule has 0 aromatic carbocycles. The average molecular weight is 262 g/mol. The summed E-state index contributed by atoms with van der Waals surface area (Å²) in [7, 11) is 0. The highest BCUT2D eigenvalue weighted by Gasteiger charge is 2.31. The molecular weight excluding hydrogens is 227 g/mol. The van der Waals surface area contributed by atoms with Crippen molar-refractivity contribution in [1.29, 1.82) is 0 Å². The second kappa shape index (κ2) is 8.17. The van der Waals surface area contributed by atoms with Crippen molar-refractivity contribution in [3.05, 3.63) is 12.2 Å². The van der Waals surface area contributed by atoms with Crippen LogP contribution in [-0.4, -0.2) is 6.71 Å². The maximum atomic E-state index is 2.48. The number of allylic oxidation sites excluding steroid dienone is 2. The fourth-order valence-corrected chi connectivity index (χ4v) is 3.54. The zero-order valence-corrected chi connectivity index (χ0v) is 14.2. The third kappa shape index (κ3) is 5.36. The summed E-state index contributed by atoms with van der Waals surface area (Å²) in [5, 5.41) is 0.